The van der Waals surface area contributed by atoms with Crippen LogP contribution >= 0.6 is 7.80 Å². The maximum Gasteiger partial charge on any atom is 0.346 e. The molecule has 0 spiro atoms. The van der Waals surface area contributed by atoms with Crippen molar-refractivity contribution in [2.45, 2.75) is 25.2 Å². The Kier molecular flexibility index (Phi) is 7.27. The van der Waals surface area contributed by atoms with Crippen LogP contribution in [0.5, 0.6) is 5.75 Å². The van der Waals surface area contributed by atoms with Crippen LogP contribution in [0, 0.1) is 0 Å². The Balaban J connectivity index is 1.83. The summed E-state index contributed by atoms with van der Waals surface area (Å²) in [5.41, 5.74) is 7.00. The lowest BCUT2D eigenvalue weighted by Gasteiger charge is -2.17. The van der Waals surface area contributed by atoms with E-state index in [1.165, 1.54) is 6.07 Å². The molecule has 3 atom stereocenters. The van der Waals surface area contributed by atoms with Crippen LogP contribution in [0.4, 0.5) is 0 Å². The Morgan fingerprint density at radius 1 is 1.23 bits per heavy atom. The number of aliphatic hydroxyl groups excluding tert-OH is 1. The Morgan fingerprint density at radius 3 is 2.54 bits per heavy atom. The first-order valence-corrected chi connectivity index (χ1v) is 10.00. The number of nitrogens with one attached hydrogen (secondary N) is 1. The van der Waals surface area contributed by atoms with Gasteiger partial charge in [0.05, 0.1) is 0 Å². The third-order valence-corrected chi connectivity index (χ3v) is 5.60. The molecule has 7 heteroatoms. The standard InChI is InChI=1S/C19H23N2O4P/c1-13(17-8-7-15(19(20)24)9-18(17)23)21-10-16(22)12-26(25)11-14-5-3-2-4-6-14/h2-9,13,16,21-22H,10-12H2,1H3,(H2-,20,23,24)/p+1/t13-,16+/m1/s1. The van der Waals surface area contributed by atoms with E-state index in [0.717, 1.165) is 5.56 Å². The fourth-order valence-electron chi connectivity index (χ4n) is 2.64. The number of aliphatic hydroxyl groups is 1. The van der Waals surface area contributed by atoms with Gasteiger partial charge in [0, 0.05) is 23.7 Å². The maximum atomic E-state index is 12.2. The number of hydrogen-bond acceptors (Lipinski definition) is 5. The molecule has 0 aromatic heterocycles. The Morgan fingerprint density at radius 2 is 1.92 bits per heavy atom. The fourth-order valence-corrected chi connectivity index (χ4v) is 3.98. The average Bonchev–Trinajstić information content (AvgIpc) is 2.60. The monoisotopic (exact) mass is 375 g/mol. The number of primary amides is 1. The summed E-state index contributed by atoms with van der Waals surface area (Å²) in [4.78, 5) is 11.1. The van der Waals surface area contributed by atoms with Crippen LogP contribution in [-0.4, -0.2) is 34.9 Å². The van der Waals surface area contributed by atoms with Gasteiger partial charge in [0.15, 0.2) is 12.3 Å². The first kappa shape index (κ1) is 20.0. The van der Waals surface area contributed by atoms with E-state index in [9.17, 15) is 19.6 Å². The summed E-state index contributed by atoms with van der Waals surface area (Å²) >= 11 is 0. The molecule has 0 saturated heterocycles. The second-order valence-corrected chi connectivity index (χ2v) is 7.87. The van der Waals surface area contributed by atoms with Crippen LogP contribution in [0.2, 0.25) is 0 Å². The van der Waals surface area contributed by atoms with Gasteiger partial charge in [-0.15, -0.1) is 0 Å². The summed E-state index contributed by atoms with van der Waals surface area (Å²) in [6.07, 6.45) is -0.105. The van der Waals surface area contributed by atoms with Gasteiger partial charge in [-0.1, -0.05) is 41.0 Å². The molecular formula is C19H24N2O4P+. The molecule has 0 saturated carbocycles. The van der Waals surface area contributed by atoms with Gasteiger partial charge in [-0.25, -0.2) is 0 Å². The lowest BCUT2D eigenvalue weighted by molar-refractivity contribution is 0.1000. The van der Waals surface area contributed by atoms with E-state index in [2.05, 4.69) is 5.32 Å². The average molecular weight is 375 g/mol. The highest BCUT2D eigenvalue weighted by molar-refractivity contribution is 7.43. The van der Waals surface area contributed by atoms with Crippen LogP contribution in [0.25, 0.3) is 0 Å². The molecule has 2 aromatic rings. The minimum Gasteiger partial charge on any atom is -0.508 e. The quantitative estimate of drug-likeness (QED) is 0.503. The van der Waals surface area contributed by atoms with E-state index in [0.29, 0.717) is 11.7 Å². The smallest absolute Gasteiger partial charge is 0.346 e. The molecule has 1 unspecified atom stereocenters. The zero-order valence-corrected chi connectivity index (χ0v) is 15.5. The number of aromatic hydroxyl groups is 1. The normalized spacial score (nSPS) is 13.8. The van der Waals surface area contributed by atoms with E-state index in [4.69, 9.17) is 5.73 Å². The van der Waals surface area contributed by atoms with Crippen molar-refractivity contribution in [2.24, 2.45) is 5.73 Å². The van der Waals surface area contributed by atoms with Crippen LogP contribution < -0.4 is 11.1 Å². The Bertz CT molecular complexity index is 767. The van der Waals surface area contributed by atoms with Gasteiger partial charge in [-0.05, 0) is 24.6 Å². The van der Waals surface area contributed by atoms with Crippen LogP contribution in [0.15, 0.2) is 48.5 Å². The third kappa shape index (κ3) is 5.92. The van der Waals surface area contributed by atoms with Crippen molar-refractivity contribution >= 4 is 13.7 Å². The zero-order valence-electron chi connectivity index (χ0n) is 14.6. The number of rotatable bonds is 9. The molecule has 0 aliphatic heterocycles. The predicted octanol–water partition coefficient (Wildman–Crippen LogP) is 2.53. The zero-order chi connectivity index (χ0) is 19.1. The van der Waals surface area contributed by atoms with E-state index >= 15 is 0 Å². The van der Waals surface area contributed by atoms with Gasteiger partial charge in [-0.2, -0.15) is 0 Å². The fraction of sp³-hybridized carbons (Fsp3) is 0.316. The molecule has 6 nitrogen and oxygen atoms in total. The molecule has 0 heterocycles. The molecule has 0 radical (unpaired) electrons. The molecule has 2 aromatic carbocycles. The summed E-state index contributed by atoms with van der Waals surface area (Å²) in [6, 6.07) is 13.8. The summed E-state index contributed by atoms with van der Waals surface area (Å²) in [5, 5.41) is 23.2. The predicted molar refractivity (Wildman–Crippen MR) is 102 cm³/mol. The van der Waals surface area contributed by atoms with Gasteiger partial charge in [0.2, 0.25) is 5.91 Å². The highest BCUT2D eigenvalue weighted by Crippen LogP contribution is 2.28. The molecule has 2 rings (SSSR count). The van der Waals surface area contributed by atoms with Gasteiger partial charge >= 0.3 is 7.80 Å². The number of amides is 1. The van der Waals surface area contributed by atoms with E-state index < -0.39 is 19.8 Å². The molecule has 0 fully saturated rings. The van der Waals surface area contributed by atoms with Gasteiger partial charge in [-0.3, -0.25) is 4.79 Å². The minimum absolute atomic E-state index is 0.0362. The third-order valence-electron chi connectivity index (χ3n) is 4.06. The lowest BCUT2D eigenvalue weighted by atomic mass is 10.0. The molecule has 5 N–H and O–H groups in total. The number of hydrogen-bond donors (Lipinski definition) is 4. The van der Waals surface area contributed by atoms with Crippen molar-refractivity contribution in [3.8, 4) is 5.75 Å². The molecule has 0 bridgehead atoms. The Hall–Kier alpha value is -2.27. The number of carbonyl (C=O) groups excluding carboxylic acids is 1. The highest BCUT2D eigenvalue weighted by Gasteiger charge is 2.22. The minimum atomic E-state index is -1.54. The first-order valence-electron chi connectivity index (χ1n) is 8.37. The van der Waals surface area contributed by atoms with Crippen molar-refractivity contribution in [1.82, 2.24) is 5.32 Å². The van der Waals surface area contributed by atoms with Crippen molar-refractivity contribution in [3.63, 3.8) is 0 Å². The second-order valence-electron chi connectivity index (χ2n) is 6.23. The van der Waals surface area contributed by atoms with Crippen molar-refractivity contribution < 1.29 is 19.6 Å². The maximum absolute atomic E-state index is 12.2. The molecule has 0 aliphatic carbocycles. The molecule has 1 amide bonds. The number of benzene rings is 2. The van der Waals surface area contributed by atoms with E-state index in [1.54, 1.807) is 12.1 Å². The van der Waals surface area contributed by atoms with Gasteiger partial charge in [0.1, 0.15) is 11.9 Å². The van der Waals surface area contributed by atoms with Crippen molar-refractivity contribution in [2.75, 3.05) is 12.7 Å². The summed E-state index contributed by atoms with van der Waals surface area (Å²) in [5.74, 6) is -0.643. The van der Waals surface area contributed by atoms with Gasteiger partial charge < -0.3 is 21.3 Å². The topological polar surface area (TPSA) is 113 Å². The van der Waals surface area contributed by atoms with Crippen LogP contribution in [0.1, 0.15) is 34.5 Å². The molecule has 26 heavy (non-hydrogen) atoms. The van der Waals surface area contributed by atoms with Crippen LogP contribution in [0.3, 0.4) is 0 Å². The highest BCUT2D eigenvalue weighted by atomic mass is 31.1. The summed E-state index contributed by atoms with van der Waals surface area (Å²) < 4.78 is 12.2. The molecular weight excluding hydrogens is 351 g/mol. The molecule has 138 valence electrons. The number of carbonyl (C=O) groups is 1. The SMILES string of the molecule is C[C@@H](NC[C@H](O)C[P+](=O)Cc1ccccc1)c1ccc(C(N)=O)cc1O. The van der Waals surface area contributed by atoms with Crippen molar-refractivity contribution in [1.29, 1.82) is 0 Å². The van der Waals surface area contributed by atoms with Crippen LogP contribution in [-0.2, 0) is 10.7 Å². The number of nitrogens with two attached hydrogens (primary N) is 1. The van der Waals surface area contributed by atoms with Crippen molar-refractivity contribution in [3.05, 3.63) is 65.2 Å². The van der Waals surface area contributed by atoms with Gasteiger partial charge in [0.25, 0.3) is 0 Å². The molecule has 0 aliphatic rings. The summed E-state index contributed by atoms with van der Waals surface area (Å²) in [6.45, 7) is 2.07. The second kappa shape index (κ2) is 9.43. The lowest BCUT2D eigenvalue weighted by Crippen LogP contribution is -2.30. The largest absolute Gasteiger partial charge is 0.508 e. The van der Waals surface area contributed by atoms with E-state index in [1.807, 2.05) is 37.3 Å². The summed E-state index contributed by atoms with van der Waals surface area (Å²) in [7, 11) is -1.54. The number of phenols is 1. The van der Waals surface area contributed by atoms with E-state index in [-0.39, 0.29) is 30.1 Å². The Labute approximate surface area is 153 Å². The number of phenolic OH excluding ortho intramolecular Hbond substituents is 1. The first-order chi connectivity index (χ1) is 12.4.